The topological polar surface area (TPSA) is 59.0 Å². The fourth-order valence-electron chi connectivity index (χ4n) is 2.93. The summed E-state index contributed by atoms with van der Waals surface area (Å²) in [6.07, 6.45) is 1.63. The molecule has 1 fully saturated rings. The summed E-state index contributed by atoms with van der Waals surface area (Å²) in [4.78, 5) is 14.9. The summed E-state index contributed by atoms with van der Waals surface area (Å²) in [5.41, 5.74) is 0.269. The van der Waals surface area contributed by atoms with Gasteiger partial charge in [0, 0.05) is 13.1 Å². The molecule has 5 nitrogen and oxygen atoms in total. The average molecular weight is 321 g/mol. The molecule has 1 saturated heterocycles. The van der Waals surface area contributed by atoms with E-state index in [-0.39, 0.29) is 5.97 Å². The third kappa shape index (κ3) is 5.03. The lowest BCUT2D eigenvalue weighted by atomic mass is 9.96. The fourth-order valence-corrected chi connectivity index (χ4v) is 2.93. The zero-order chi connectivity index (χ0) is 16.9. The smallest absolute Gasteiger partial charge is 0.318 e. The molecule has 1 aliphatic rings. The van der Waals surface area contributed by atoms with Crippen LogP contribution in [0.25, 0.3) is 0 Å². The van der Waals surface area contributed by atoms with Gasteiger partial charge in [0.1, 0.15) is 24.5 Å². The largest absolute Gasteiger partial charge is 0.459 e. The van der Waals surface area contributed by atoms with Crippen molar-refractivity contribution in [1.29, 1.82) is 0 Å². The van der Waals surface area contributed by atoms with Crippen LogP contribution >= 0.6 is 0 Å². The minimum Gasteiger partial charge on any atom is -0.459 e. The number of hydrogen-bond donors (Lipinski definition) is 1. The summed E-state index contributed by atoms with van der Waals surface area (Å²) in [5, 5.41) is 9.31. The monoisotopic (exact) mass is 321 g/mol. The molecule has 2 rings (SSSR count). The van der Waals surface area contributed by atoms with Crippen molar-refractivity contribution in [3.8, 4) is 0 Å². The number of aliphatic hydroxyl groups is 1. The maximum atomic E-state index is 12.8. The minimum atomic E-state index is -0.583. The van der Waals surface area contributed by atoms with E-state index in [9.17, 15) is 9.90 Å². The van der Waals surface area contributed by atoms with Gasteiger partial charge in [-0.3, -0.25) is 9.69 Å². The second-order valence-corrected chi connectivity index (χ2v) is 6.85. The van der Waals surface area contributed by atoms with Gasteiger partial charge in [-0.15, -0.1) is 0 Å². The van der Waals surface area contributed by atoms with Crippen molar-refractivity contribution in [3.05, 3.63) is 35.9 Å². The molecular formula is C18H27NO4. The molecule has 1 heterocycles. The first-order valence-corrected chi connectivity index (χ1v) is 8.16. The van der Waals surface area contributed by atoms with Gasteiger partial charge >= 0.3 is 5.97 Å². The minimum absolute atomic E-state index is 0.325. The third-order valence-electron chi connectivity index (χ3n) is 3.85. The molecule has 0 radical (unpaired) electrons. The number of likely N-dealkylation sites (tertiary alicyclic amines) is 1. The number of ether oxygens (including phenoxy) is 2. The molecule has 2 atom stereocenters. The normalized spacial score (nSPS) is 18.6. The van der Waals surface area contributed by atoms with Crippen LogP contribution in [0.5, 0.6) is 0 Å². The lowest BCUT2D eigenvalue weighted by molar-refractivity contribution is -0.173. The van der Waals surface area contributed by atoms with Crippen molar-refractivity contribution in [3.63, 3.8) is 0 Å². The molecule has 23 heavy (non-hydrogen) atoms. The Morgan fingerprint density at radius 2 is 1.83 bits per heavy atom. The highest BCUT2D eigenvalue weighted by atomic mass is 16.6. The second-order valence-electron chi connectivity index (χ2n) is 6.85. The van der Waals surface area contributed by atoms with Gasteiger partial charge < -0.3 is 14.6 Å². The van der Waals surface area contributed by atoms with Crippen molar-refractivity contribution in [2.24, 2.45) is 0 Å². The number of hydrogen-bond acceptors (Lipinski definition) is 5. The van der Waals surface area contributed by atoms with Crippen LogP contribution in [-0.4, -0.2) is 47.7 Å². The van der Waals surface area contributed by atoms with E-state index in [0.29, 0.717) is 0 Å². The summed E-state index contributed by atoms with van der Waals surface area (Å²) in [5.74, 6) is -0.908. The van der Waals surface area contributed by atoms with Crippen LogP contribution in [0.1, 0.15) is 45.1 Å². The highest BCUT2D eigenvalue weighted by Gasteiger charge is 2.38. The standard InChI is InChI=1S/C18H27NO4/c1-18(2,3)23-17(21)15(14-9-5-4-6-10-14)16(22-13-20)19-11-7-8-12-19/h4-6,9-10,15-16,20H,7-8,11-13H2,1-3H3. The Kier molecular flexibility index (Phi) is 6.16. The Balaban J connectivity index is 2.32. The maximum Gasteiger partial charge on any atom is 0.318 e. The maximum absolute atomic E-state index is 12.8. The van der Waals surface area contributed by atoms with Crippen molar-refractivity contribution in [2.45, 2.75) is 51.4 Å². The Labute approximate surface area is 138 Å². The molecule has 1 aromatic rings. The molecule has 1 aliphatic heterocycles. The molecule has 1 N–H and O–H groups in total. The number of benzene rings is 1. The molecule has 0 amide bonds. The fraction of sp³-hybridized carbons (Fsp3) is 0.611. The van der Waals surface area contributed by atoms with E-state index in [4.69, 9.17) is 9.47 Å². The van der Waals surface area contributed by atoms with Crippen LogP contribution in [0.15, 0.2) is 30.3 Å². The Morgan fingerprint density at radius 1 is 1.22 bits per heavy atom. The van der Waals surface area contributed by atoms with E-state index in [0.717, 1.165) is 31.5 Å². The molecule has 0 aliphatic carbocycles. The average Bonchev–Trinajstić information content (AvgIpc) is 3.00. The Bertz CT molecular complexity index is 491. The predicted molar refractivity (Wildman–Crippen MR) is 87.8 cm³/mol. The number of carbonyl (C=O) groups excluding carboxylic acids is 1. The van der Waals surface area contributed by atoms with Gasteiger partial charge in [0.15, 0.2) is 0 Å². The highest BCUT2D eigenvalue weighted by molar-refractivity contribution is 5.79. The van der Waals surface area contributed by atoms with E-state index in [1.807, 2.05) is 51.1 Å². The second kappa shape index (κ2) is 7.90. The highest BCUT2D eigenvalue weighted by Crippen LogP contribution is 2.30. The predicted octanol–water partition coefficient (Wildman–Crippen LogP) is 2.50. The van der Waals surface area contributed by atoms with Gasteiger partial charge in [-0.1, -0.05) is 30.3 Å². The molecule has 2 unspecified atom stereocenters. The van der Waals surface area contributed by atoms with Crippen molar-refractivity contribution >= 4 is 5.97 Å². The number of carbonyl (C=O) groups is 1. The summed E-state index contributed by atoms with van der Waals surface area (Å²) < 4.78 is 11.2. The molecule has 5 heteroatoms. The molecule has 0 bridgehead atoms. The van der Waals surface area contributed by atoms with Crippen LogP contribution < -0.4 is 0 Å². The first-order chi connectivity index (χ1) is 10.9. The molecule has 128 valence electrons. The van der Waals surface area contributed by atoms with Crippen LogP contribution in [0, 0.1) is 0 Å². The van der Waals surface area contributed by atoms with Gasteiger partial charge in [0.25, 0.3) is 0 Å². The Hall–Kier alpha value is -1.43. The van der Waals surface area contributed by atoms with Crippen molar-refractivity contribution in [1.82, 2.24) is 4.90 Å². The van der Waals surface area contributed by atoms with E-state index in [1.54, 1.807) is 0 Å². The van der Waals surface area contributed by atoms with Gasteiger partial charge in [-0.25, -0.2) is 0 Å². The first-order valence-electron chi connectivity index (χ1n) is 8.16. The van der Waals surface area contributed by atoms with Gasteiger partial charge in [-0.05, 0) is 39.2 Å². The van der Waals surface area contributed by atoms with E-state index in [1.165, 1.54) is 0 Å². The molecule has 0 aromatic heterocycles. The quantitative estimate of drug-likeness (QED) is 0.644. The van der Waals surface area contributed by atoms with Crippen LogP contribution in [0.2, 0.25) is 0 Å². The van der Waals surface area contributed by atoms with Crippen LogP contribution in [0.3, 0.4) is 0 Å². The number of rotatable bonds is 6. The van der Waals surface area contributed by atoms with E-state index in [2.05, 4.69) is 4.90 Å². The number of esters is 1. The first kappa shape index (κ1) is 17.9. The van der Waals surface area contributed by atoms with Gasteiger partial charge in [0.05, 0.1) is 0 Å². The van der Waals surface area contributed by atoms with Crippen LogP contribution in [0.4, 0.5) is 0 Å². The van der Waals surface area contributed by atoms with E-state index < -0.39 is 24.5 Å². The van der Waals surface area contributed by atoms with Crippen LogP contribution in [-0.2, 0) is 14.3 Å². The van der Waals surface area contributed by atoms with Gasteiger partial charge in [0.2, 0.25) is 0 Å². The summed E-state index contributed by atoms with van der Waals surface area (Å²) in [6.45, 7) is 6.85. The SMILES string of the molecule is CC(C)(C)OC(=O)C(c1ccccc1)C(OCO)N1CCCC1. The number of nitrogens with zero attached hydrogens (tertiary/aromatic N) is 1. The number of aliphatic hydroxyl groups excluding tert-OH is 1. The van der Waals surface area contributed by atoms with Crippen molar-refractivity contribution in [2.75, 3.05) is 19.9 Å². The summed E-state index contributed by atoms with van der Waals surface area (Å²) in [6, 6.07) is 9.50. The Morgan fingerprint density at radius 3 is 2.35 bits per heavy atom. The third-order valence-corrected chi connectivity index (χ3v) is 3.85. The zero-order valence-corrected chi connectivity index (χ0v) is 14.2. The van der Waals surface area contributed by atoms with Gasteiger partial charge in [-0.2, -0.15) is 0 Å². The lowest BCUT2D eigenvalue weighted by Crippen LogP contribution is -2.44. The molecule has 0 spiro atoms. The zero-order valence-electron chi connectivity index (χ0n) is 14.2. The van der Waals surface area contributed by atoms with E-state index >= 15 is 0 Å². The van der Waals surface area contributed by atoms with Crippen molar-refractivity contribution < 1.29 is 19.4 Å². The molecular weight excluding hydrogens is 294 g/mol. The molecule has 1 aromatic carbocycles. The summed E-state index contributed by atoms with van der Waals surface area (Å²) in [7, 11) is 0. The summed E-state index contributed by atoms with van der Waals surface area (Å²) >= 11 is 0. The molecule has 0 saturated carbocycles. The lowest BCUT2D eigenvalue weighted by Gasteiger charge is -2.34.